The van der Waals surface area contributed by atoms with Gasteiger partial charge in [-0.3, -0.25) is 24.3 Å². The molecule has 0 fully saturated rings. The van der Waals surface area contributed by atoms with Crippen molar-refractivity contribution in [3.8, 4) is 5.75 Å². The fourth-order valence-electron chi connectivity index (χ4n) is 4.38. The van der Waals surface area contributed by atoms with E-state index in [4.69, 9.17) is 0 Å². The lowest BCUT2D eigenvalue weighted by Crippen LogP contribution is -2.55. The lowest BCUT2D eigenvalue weighted by atomic mass is 9.92. The van der Waals surface area contributed by atoms with Crippen LogP contribution in [0.1, 0.15) is 39.6 Å². The van der Waals surface area contributed by atoms with Crippen molar-refractivity contribution in [1.82, 2.24) is 14.6 Å². The summed E-state index contributed by atoms with van der Waals surface area (Å²) in [6.07, 6.45) is 10.9. The lowest BCUT2D eigenvalue weighted by Gasteiger charge is -2.44. The first-order chi connectivity index (χ1) is 15.1. The molecule has 1 unspecified atom stereocenters. The quantitative estimate of drug-likeness (QED) is 0.620. The van der Waals surface area contributed by atoms with Gasteiger partial charge in [0.15, 0.2) is 11.4 Å². The number of carbonyl (C=O) groups is 1. The van der Waals surface area contributed by atoms with E-state index in [0.29, 0.717) is 13.2 Å². The summed E-state index contributed by atoms with van der Waals surface area (Å²) >= 11 is 0. The van der Waals surface area contributed by atoms with Crippen molar-refractivity contribution in [2.75, 3.05) is 18.2 Å². The second kappa shape index (κ2) is 7.75. The van der Waals surface area contributed by atoms with Crippen LogP contribution in [0.4, 0.5) is 0 Å². The summed E-state index contributed by atoms with van der Waals surface area (Å²) in [5, 5.41) is 12.5. The van der Waals surface area contributed by atoms with Crippen molar-refractivity contribution in [2.24, 2.45) is 0 Å². The molecule has 0 spiro atoms. The molecule has 2 bridgehead atoms. The maximum Gasteiger partial charge on any atom is 0.278 e. The summed E-state index contributed by atoms with van der Waals surface area (Å²) in [5.74, 6) is -0.889. The van der Waals surface area contributed by atoms with Gasteiger partial charge in [-0.05, 0) is 41.7 Å². The molecule has 7 nitrogen and oxygen atoms in total. The van der Waals surface area contributed by atoms with Gasteiger partial charge in [0, 0.05) is 31.2 Å². The predicted octanol–water partition coefficient (Wildman–Crippen LogP) is 2.59. The third-order valence-electron chi connectivity index (χ3n) is 5.88. The molecular weight excluding hydrogens is 392 g/mol. The molecule has 0 radical (unpaired) electrons. The second-order valence-corrected chi connectivity index (χ2v) is 7.72. The monoisotopic (exact) mass is 414 g/mol. The minimum absolute atomic E-state index is 0.0112. The number of benzene rings is 1. The molecule has 2 aromatic heterocycles. The summed E-state index contributed by atoms with van der Waals surface area (Å²) in [6, 6.07) is 13.3. The second-order valence-electron chi connectivity index (χ2n) is 7.72. The van der Waals surface area contributed by atoms with E-state index < -0.39 is 11.2 Å². The molecule has 3 aromatic rings. The minimum atomic E-state index is -0.567. The van der Waals surface area contributed by atoms with Crippen molar-refractivity contribution in [3.63, 3.8) is 0 Å². The predicted molar refractivity (Wildman–Crippen MR) is 116 cm³/mol. The van der Waals surface area contributed by atoms with Gasteiger partial charge in [-0.2, -0.15) is 0 Å². The number of hydrogen-bond donors (Lipinski definition) is 1. The zero-order valence-electron chi connectivity index (χ0n) is 16.9. The van der Waals surface area contributed by atoms with Crippen LogP contribution in [0.5, 0.6) is 5.75 Å². The van der Waals surface area contributed by atoms with Crippen LogP contribution < -0.4 is 10.4 Å². The van der Waals surface area contributed by atoms with Crippen LogP contribution in [0.2, 0.25) is 0 Å². The number of aromatic hydroxyl groups is 1. The number of hydrogen-bond acceptors (Lipinski definition) is 5. The van der Waals surface area contributed by atoms with E-state index in [-0.39, 0.29) is 17.6 Å². The molecule has 31 heavy (non-hydrogen) atoms. The van der Waals surface area contributed by atoms with E-state index in [0.717, 1.165) is 24.0 Å². The molecule has 2 aliphatic heterocycles. The van der Waals surface area contributed by atoms with Crippen molar-refractivity contribution in [1.29, 1.82) is 0 Å². The van der Waals surface area contributed by atoms with Gasteiger partial charge in [0.05, 0.1) is 6.04 Å². The number of amides is 1. The van der Waals surface area contributed by atoms with E-state index in [1.165, 1.54) is 11.6 Å². The molecular formula is C24H22N4O3. The van der Waals surface area contributed by atoms with Crippen LogP contribution in [0, 0.1) is 0 Å². The SMILES string of the molecule is O=C1c2c(O)c(=O)ccn2N2CN1C/C=C\CCc1ccccc1C2c1ccncc1. The lowest BCUT2D eigenvalue weighted by molar-refractivity contribution is 0.0701. The molecule has 156 valence electrons. The summed E-state index contributed by atoms with van der Waals surface area (Å²) in [7, 11) is 0. The Morgan fingerprint density at radius 1 is 1.00 bits per heavy atom. The van der Waals surface area contributed by atoms with Gasteiger partial charge in [-0.15, -0.1) is 0 Å². The van der Waals surface area contributed by atoms with Crippen molar-refractivity contribution >= 4 is 5.91 Å². The van der Waals surface area contributed by atoms with Gasteiger partial charge in [0.2, 0.25) is 5.43 Å². The van der Waals surface area contributed by atoms with E-state index in [1.54, 1.807) is 28.2 Å². The van der Waals surface area contributed by atoms with Crippen LogP contribution >= 0.6 is 0 Å². The number of fused-ring (bicyclic) bond motifs is 5. The average Bonchev–Trinajstić information content (AvgIpc) is 2.82. The standard InChI is InChI=1S/C24H22N4O3/c29-20-11-15-27-22(23(20)30)24(31)26-14-5-1-2-6-17-7-3-4-8-19(17)21(28(27)16-26)18-9-12-25-13-10-18/h1,3-5,7-13,15,21,30H,2,6,14,16H2/b5-1-. The normalized spacial score (nSPS) is 19.2. The van der Waals surface area contributed by atoms with Gasteiger partial charge < -0.3 is 10.0 Å². The minimum Gasteiger partial charge on any atom is -0.502 e. The summed E-state index contributed by atoms with van der Waals surface area (Å²) in [6.45, 7) is 0.705. The molecule has 7 heteroatoms. The highest BCUT2D eigenvalue weighted by atomic mass is 16.3. The highest BCUT2D eigenvalue weighted by Gasteiger charge is 2.36. The average molecular weight is 414 g/mol. The van der Waals surface area contributed by atoms with Gasteiger partial charge in [-0.25, -0.2) is 0 Å². The first kappa shape index (κ1) is 19.1. The van der Waals surface area contributed by atoms with Crippen LogP contribution in [0.15, 0.2) is 78.0 Å². The fraction of sp³-hybridized carbons (Fsp3) is 0.208. The highest BCUT2D eigenvalue weighted by Crippen LogP contribution is 2.34. The summed E-state index contributed by atoms with van der Waals surface area (Å²) in [5.41, 5.74) is 2.76. The van der Waals surface area contributed by atoms with Gasteiger partial charge >= 0.3 is 0 Å². The van der Waals surface area contributed by atoms with Crippen LogP contribution in [0.25, 0.3) is 0 Å². The first-order valence-corrected chi connectivity index (χ1v) is 10.3. The molecule has 1 atom stereocenters. The van der Waals surface area contributed by atoms with Crippen LogP contribution in [0.3, 0.4) is 0 Å². The maximum atomic E-state index is 13.2. The number of aromatic nitrogens is 2. The van der Waals surface area contributed by atoms with E-state index in [9.17, 15) is 14.7 Å². The Morgan fingerprint density at radius 2 is 1.81 bits per heavy atom. The molecule has 1 N–H and O–H groups in total. The number of rotatable bonds is 1. The summed E-state index contributed by atoms with van der Waals surface area (Å²) in [4.78, 5) is 31.2. The maximum absolute atomic E-state index is 13.2. The molecule has 0 saturated heterocycles. The molecule has 0 aliphatic carbocycles. The topological polar surface area (TPSA) is 78.7 Å². The Bertz CT molecular complexity index is 1220. The molecule has 1 aromatic carbocycles. The highest BCUT2D eigenvalue weighted by molar-refractivity contribution is 5.96. The Labute approximate surface area is 179 Å². The van der Waals surface area contributed by atoms with Crippen molar-refractivity contribution in [3.05, 3.63) is 106 Å². The van der Waals surface area contributed by atoms with Crippen LogP contribution in [-0.4, -0.2) is 38.8 Å². The van der Waals surface area contributed by atoms with Crippen molar-refractivity contribution < 1.29 is 9.90 Å². The van der Waals surface area contributed by atoms with Gasteiger partial charge in [-0.1, -0.05) is 36.4 Å². The largest absolute Gasteiger partial charge is 0.502 e. The zero-order chi connectivity index (χ0) is 21.4. The smallest absolute Gasteiger partial charge is 0.278 e. The van der Waals surface area contributed by atoms with Crippen molar-refractivity contribution in [2.45, 2.75) is 18.9 Å². The first-order valence-electron chi connectivity index (χ1n) is 10.3. The Hall–Kier alpha value is -3.87. The molecule has 0 saturated carbocycles. The number of aryl methyl sites for hydroxylation is 1. The number of allylic oxidation sites excluding steroid dienone is 1. The van der Waals surface area contributed by atoms with E-state index in [1.807, 2.05) is 35.4 Å². The Balaban J connectivity index is 1.80. The Kier molecular flexibility index (Phi) is 4.78. The third kappa shape index (κ3) is 3.28. The van der Waals surface area contributed by atoms with Crippen LogP contribution in [-0.2, 0) is 6.42 Å². The molecule has 2 aliphatic rings. The fourth-order valence-corrected chi connectivity index (χ4v) is 4.38. The Morgan fingerprint density at radius 3 is 2.65 bits per heavy atom. The molecule has 5 rings (SSSR count). The summed E-state index contributed by atoms with van der Waals surface area (Å²) < 4.78 is 1.62. The number of pyridine rings is 2. The molecule has 4 heterocycles. The van der Waals surface area contributed by atoms with E-state index in [2.05, 4.69) is 23.2 Å². The van der Waals surface area contributed by atoms with Gasteiger partial charge in [0.25, 0.3) is 5.91 Å². The third-order valence-corrected chi connectivity index (χ3v) is 5.88. The molecule has 1 amide bonds. The zero-order valence-corrected chi connectivity index (χ0v) is 16.9. The number of nitrogens with zero attached hydrogens (tertiary/aromatic N) is 4. The van der Waals surface area contributed by atoms with E-state index >= 15 is 0 Å². The number of carbonyl (C=O) groups excluding carboxylic acids is 1. The van der Waals surface area contributed by atoms with Gasteiger partial charge in [0.1, 0.15) is 6.67 Å².